The van der Waals surface area contributed by atoms with Gasteiger partial charge < -0.3 is 21.1 Å². The maximum absolute atomic E-state index is 12.2. The first-order chi connectivity index (χ1) is 10.5. The van der Waals surface area contributed by atoms with Gasteiger partial charge in [0.05, 0.1) is 16.4 Å². The summed E-state index contributed by atoms with van der Waals surface area (Å²) in [6, 6.07) is 3.30. The van der Waals surface area contributed by atoms with E-state index in [1.54, 1.807) is 12.1 Å². The first-order valence-electron chi connectivity index (χ1n) is 7.34. The third-order valence-electron chi connectivity index (χ3n) is 4.14. The number of carbonyl (C=O) groups is 2. The number of rotatable bonds is 3. The van der Waals surface area contributed by atoms with E-state index in [0.29, 0.717) is 28.6 Å². The third-order valence-corrected chi connectivity index (χ3v) is 4.45. The van der Waals surface area contributed by atoms with Crippen LogP contribution < -0.4 is 21.1 Å². The van der Waals surface area contributed by atoms with Gasteiger partial charge in [-0.2, -0.15) is 0 Å². The van der Waals surface area contributed by atoms with Crippen molar-refractivity contribution in [3.63, 3.8) is 0 Å². The Morgan fingerprint density at radius 2 is 2.22 bits per heavy atom. The van der Waals surface area contributed by atoms with E-state index in [1.807, 2.05) is 0 Å². The number of amides is 2. The molecule has 4 N–H and O–H groups in total. The lowest BCUT2D eigenvalue weighted by molar-refractivity contribution is -0.119. The third kappa shape index (κ3) is 4.07. The van der Waals surface area contributed by atoms with Crippen molar-refractivity contribution in [3.8, 4) is 5.75 Å². The smallest absolute Gasteiger partial charge is 0.262 e. The summed E-state index contributed by atoms with van der Waals surface area (Å²) in [5.41, 5.74) is 6.98. The van der Waals surface area contributed by atoms with Gasteiger partial charge in [0.25, 0.3) is 5.91 Å². The number of halogens is 2. The number of nitrogens with two attached hydrogens (primary N) is 1. The number of fused-ring (bicyclic) bond motifs is 1. The van der Waals surface area contributed by atoms with Crippen LogP contribution in [0, 0.1) is 5.92 Å². The summed E-state index contributed by atoms with van der Waals surface area (Å²) in [4.78, 5) is 23.4. The summed E-state index contributed by atoms with van der Waals surface area (Å²) < 4.78 is 5.32. The van der Waals surface area contributed by atoms with Gasteiger partial charge in [0, 0.05) is 18.5 Å². The molecule has 0 aromatic heterocycles. The molecular formula is C15H19Cl2N3O3. The molecule has 1 fully saturated rings. The maximum Gasteiger partial charge on any atom is 0.262 e. The highest BCUT2D eigenvalue weighted by Gasteiger charge is 2.26. The molecule has 0 saturated heterocycles. The monoisotopic (exact) mass is 359 g/mol. The van der Waals surface area contributed by atoms with E-state index in [2.05, 4.69) is 10.6 Å². The zero-order valence-corrected chi connectivity index (χ0v) is 14.0. The van der Waals surface area contributed by atoms with Crippen molar-refractivity contribution < 1.29 is 14.3 Å². The Morgan fingerprint density at radius 3 is 2.91 bits per heavy atom. The lowest BCUT2D eigenvalue weighted by Crippen LogP contribution is -2.28. The van der Waals surface area contributed by atoms with Crippen LogP contribution in [0.25, 0.3) is 0 Å². The van der Waals surface area contributed by atoms with Crippen molar-refractivity contribution in [1.29, 1.82) is 0 Å². The molecule has 2 amide bonds. The molecule has 3 rings (SSSR count). The molecule has 0 spiro atoms. The molecule has 23 heavy (non-hydrogen) atoms. The van der Waals surface area contributed by atoms with Gasteiger partial charge in [-0.1, -0.05) is 18.0 Å². The average Bonchev–Trinajstić information content (AvgIpc) is 2.85. The Balaban J connectivity index is 0.00000192. The second kappa shape index (κ2) is 7.38. The molecule has 1 saturated carbocycles. The Hall–Kier alpha value is -1.50. The van der Waals surface area contributed by atoms with Crippen molar-refractivity contribution in [2.45, 2.75) is 31.7 Å². The molecule has 1 aliphatic heterocycles. The molecule has 1 aliphatic carbocycles. The molecule has 1 aromatic carbocycles. The zero-order valence-electron chi connectivity index (χ0n) is 12.4. The molecule has 0 bridgehead atoms. The van der Waals surface area contributed by atoms with Gasteiger partial charge in [-0.05, 0) is 24.8 Å². The molecule has 0 radical (unpaired) electrons. The molecule has 6 nitrogen and oxygen atoms in total. The van der Waals surface area contributed by atoms with E-state index in [1.165, 1.54) is 0 Å². The zero-order chi connectivity index (χ0) is 15.7. The first kappa shape index (κ1) is 17.8. The van der Waals surface area contributed by atoms with E-state index in [9.17, 15) is 9.59 Å². The van der Waals surface area contributed by atoms with Crippen LogP contribution in [-0.4, -0.2) is 24.5 Å². The fourth-order valence-electron chi connectivity index (χ4n) is 2.95. The van der Waals surface area contributed by atoms with Crippen molar-refractivity contribution in [2.24, 2.45) is 11.7 Å². The van der Waals surface area contributed by atoms with Gasteiger partial charge >= 0.3 is 0 Å². The van der Waals surface area contributed by atoms with Crippen LogP contribution in [0.15, 0.2) is 12.1 Å². The van der Waals surface area contributed by atoms with Crippen LogP contribution in [0.4, 0.5) is 11.4 Å². The second-order valence-electron chi connectivity index (χ2n) is 5.77. The maximum atomic E-state index is 12.2. The van der Waals surface area contributed by atoms with Crippen LogP contribution in [-0.2, 0) is 9.59 Å². The Kier molecular flexibility index (Phi) is 5.73. The molecular weight excluding hydrogens is 341 g/mol. The van der Waals surface area contributed by atoms with Gasteiger partial charge in [-0.15, -0.1) is 12.4 Å². The van der Waals surface area contributed by atoms with E-state index in [4.69, 9.17) is 22.1 Å². The molecule has 0 unspecified atom stereocenters. The minimum Gasteiger partial charge on any atom is -0.482 e. The number of hydrogen-bond donors (Lipinski definition) is 3. The molecule has 1 aromatic rings. The summed E-state index contributed by atoms with van der Waals surface area (Å²) in [7, 11) is 0. The minimum absolute atomic E-state index is 0. The van der Waals surface area contributed by atoms with E-state index in [-0.39, 0.29) is 42.8 Å². The molecule has 8 heteroatoms. The highest BCUT2D eigenvalue weighted by Crippen LogP contribution is 2.36. The lowest BCUT2D eigenvalue weighted by atomic mass is 10.00. The fourth-order valence-corrected chi connectivity index (χ4v) is 3.17. The Bertz CT molecular complexity index is 624. The average molecular weight is 360 g/mol. The highest BCUT2D eigenvalue weighted by atomic mass is 35.5. The second-order valence-corrected chi connectivity index (χ2v) is 6.18. The summed E-state index contributed by atoms with van der Waals surface area (Å²) in [5.74, 6) is 0.392. The highest BCUT2D eigenvalue weighted by molar-refractivity contribution is 6.34. The normalized spacial score (nSPS) is 22.4. The van der Waals surface area contributed by atoms with Gasteiger partial charge in [0.15, 0.2) is 6.61 Å². The largest absolute Gasteiger partial charge is 0.482 e. The van der Waals surface area contributed by atoms with Crippen molar-refractivity contribution in [1.82, 2.24) is 0 Å². The topological polar surface area (TPSA) is 93.5 Å². The number of carbonyl (C=O) groups excluding carboxylic acids is 2. The van der Waals surface area contributed by atoms with Gasteiger partial charge in [0.1, 0.15) is 5.75 Å². The number of ether oxygens (including phenoxy) is 1. The predicted molar refractivity (Wildman–Crippen MR) is 91.4 cm³/mol. The van der Waals surface area contributed by atoms with Crippen LogP contribution in [0.2, 0.25) is 5.02 Å². The summed E-state index contributed by atoms with van der Waals surface area (Å²) in [6.45, 7) is -0.0427. The quantitative estimate of drug-likeness (QED) is 0.772. The van der Waals surface area contributed by atoms with Gasteiger partial charge in [-0.3, -0.25) is 9.59 Å². The van der Waals surface area contributed by atoms with Crippen LogP contribution in [0.3, 0.4) is 0 Å². The van der Waals surface area contributed by atoms with E-state index < -0.39 is 0 Å². The van der Waals surface area contributed by atoms with Crippen LogP contribution in [0.5, 0.6) is 5.75 Å². The van der Waals surface area contributed by atoms with E-state index in [0.717, 1.165) is 19.3 Å². The molecule has 126 valence electrons. The number of hydrogen-bond acceptors (Lipinski definition) is 4. The number of anilines is 2. The number of nitrogens with one attached hydrogen (secondary N) is 2. The Morgan fingerprint density at radius 1 is 1.43 bits per heavy atom. The molecule has 2 aliphatic rings. The van der Waals surface area contributed by atoms with Gasteiger partial charge in [0.2, 0.25) is 5.91 Å². The van der Waals surface area contributed by atoms with Crippen molar-refractivity contribution in [2.75, 3.05) is 17.2 Å². The lowest BCUT2D eigenvalue weighted by Gasteiger charge is -2.20. The fraction of sp³-hybridized carbons (Fsp3) is 0.467. The summed E-state index contributed by atoms with van der Waals surface area (Å²) in [5, 5.41) is 5.82. The number of benzene rings is 1. The van der Waals surface area contributed by atoms with Crippen LogP contribution >= 0.6 is 24.0 Å². The van der Waals surface area contributed by atoms with Crippen LogP contribution in [0.1, 0.15) is 25.7 Å². The SMILES string of the molecule is Cl.N[C@@H]1CCC[C@H]1CC(=O)Nc1cc2c(cc1Cl)NC(=O)CO2. The standard InChI is InChI=1S/C15H18ClN3O3.ClH/c16-9-5-12-13(22-7-15(21)19-12)6-11(9)18-14(20)4-8-2-1-3-10(8)17;/h5-6,8,10H,1-4,7,17H2,(H,18,20)(H,19,21);1H/t8-,10+;/m0./s1. The van der Waals surface area contributed by atoms with Crippen molar-refractivity contribution in [3.05, 3.63) is 17.2 Å². The first-order valence-corrected chi connectivity index (χ1v) is 7.72. The van der Waals surface area contributed by atoms with Crippen molar-refractivity contribution >= 4 is 47.2 Å². The van der Waals surface area contributed by atoms with Gasteiger partial charge in [-0.25, -0.2) is 0 Å². The summed E-state index contributed by atoms with van der Waals surface area (Å²) in [6.07, 6.45) is 3.44. The molecule has 1 heterocycles. The Labute approximate surface area is 145 Å². The minimum atomic E-state index is -0.226. The predicted octanol–water partition coefficient (Wildman–Crippen LogP) is 2.55. The summed E-state index contributed by atoms with van der Waals surface area (Å²) >= 11 is 6.15. The molecule has 2 atom stereocenters. The van der Waals surface area contributed by atoms with E-state index >= 15 is 0 Å².